The number of quaternary nitrogens is 1. The van der Waals surface area contributed by atoms with Crippen LogP contribution in [0.1, 0.15) is 11.1 Å². The van der Waals surface area contributed by atoms with Crippen LogP contribution in [-0.4, -0.2) is 5.11 Å². The molecule has 7 heteroatoms. The van der Waals surface area contributed by atoms with Gasteiger partial charge in [0.1, 0.15) is 23.6 Å². The summed E-state index contributed by atoms with van der Waals surface area (Å²) in [6.07, 6.45) is 0. The summed E-state index contributed by atoms with van der Waals surface area (Å²) >= 11 is 0. The molecule has 3 aromatic carbocycles. The molecule has 0 unspecified atom stereocenters. The van der Waals surface area contributed by atoms with E-state index in [2.05, 4.69) is 0 Å². The van der Waals surface area contributed by atoms with Gasteiger partial charge >= 0.3 is 5.63 Å². The Morgan fingerprint density at radius 3 is 2.43 bits per heavy atom. The first kappa shape index (κ1) is 21.5. The van der Waals surface area contributed by atoms with Crippen molar-refractivity contribution in [1.29, 1.82) is 0 Å². The Kier molecular flexibility index (Phi) is 6.20. The Balaban J connectivity index is 0.00000256. The first-order valence-electron chi connectivity index (χ1n) is 9.07. The third-order valence-electron chi connectivity index (χ3n) is 4.90. The number of phenolic OH excluding ortho intramolecular Hbond substituents is 1. The summed E-state index contributed by atoms with van der Waals surface area (Å²) in [4.78, 5) is 12.1. The maximum atomic E-state index is 13.4. The number of benzene rings is 3. The molecule has 0 spiro atoms. The van der Waals surface area contributed by atoms with E-state index >= 15 is 0 Å². The van der Waals surface area contributed by atoms with E-state index < -0.39 is 17.3 Å². The van der Waals surface area contributed by atoms with E-state index in [0.717, 1.165) is 17.7 Å². The van der Waals surface area contributed by atoms with E-state index in [4.69, 9.17) is 4.42 Å². The van der Waals surface area contributed by atoms with Crippen LogP contribution in [0.2, 0.25) is 0 Å². The SMILES string of the molecule is Cc1c(O)c(C[NH2+]c2ccc(F)c(F)c2)cc2c(-c3ccccc3)cc(=O)oc12.[Cl-]. The predicted octanol–water partition coefficient (Wildman–Crippen LogP) is 1.15. The van der Waals surface area contributed by atoms with Crippen LogP contribution in [0.4, 0.5) is 14.5 Å². The summed E-state index contributed by atoms with van der Waals surface area (Å²) < 4.78 is 31.9. The molecule has 0 fully saturated rings. The summed E-state index contributed by atoms with van der Waals surface area (Å²) in [5, 5.41) is 13.0. The molecule has 0 saturated carbocycles. The first-order chi connectivity index (χ1) is 13.9. The molecule has 1 heterocycles. The molecule has 0 saturated heterocycles. The smallest absolute Gasteiger partial charge is 0.336 e. The molecule has 0 aliphatic carbocycles. The number of phenols is 1. The van der Waals surface area contributed by atoms with Crippen molar-refractivity contribution in [2.24, 2.45) is 0 Å². The molecular formula is C23H18ClF2NO3. The van der Waals surface area contributed by atoms with E-state index in [9.17, 15) is 18.7 Å². The lowest BCUT2D eigenvalue weighted by molar-refractivity contribution is -0.588. The zero-order valence-corrected chi connectivity index (χ0v) is 16.7. The standard InChI is InChI=1S/C23H17F2NO3.ClH/c1-13-22(28)15(12-26-16-7-8-19(24)20(25)10-16)9-18-17(11-21(27)29-23(13)18)14-5-3-2-4-6-14;/h2-11,26,28H,12H2,1H3;1H. The minimum absolute atomic E-state index is 0. The number of halogens is 3. The maximum Gasteiger partial charge on any atom is 0.336 e. The molecule has 0 aliphatic heterocycles. The fourth-order valence-corrected chi connectivity index (χ4v) is 3.40. The highest BCUT2D eigenvalue weighted by Crippen LogP contribution is 2.35. The molecule has 4 rings (SSSR count). The fraction of sp³-hybridized carbons (Fsp3) is 0.0870. The van der Waals surface area contributed by atoms with Crippen molar-refractivity contribution < 1.29 is 36.0 Å². The van der Waals surface area contributed by atoms with Crippen LogP contribution >= 0.6 is 0 Å². The zero-order valence-electron chi connectivity index (χ0n) is 16.0. The highest BCUT2D eigenvalue weighted by molar-refractivity contribution is 5.96. The number of aromatic hydroxyl groups is 1. The minimum Gasteiger partial charge on any atom is -1.00 e. The molecule has 0 bridgehead atoms. The Bertz CT molecular complexity index is 1270. The van der Waals surface area contributed by atoms with Gasteiger partial charge in [0.25, 0.3) is 0 Å². The van der Waals surface area contributed by atoms with Crippen molar-refractivity contribution in [1.82, 2.24) is 0 Å². The molecule has 0 aliphatic rings. The van der Waals surface area contributed by atoms with Gasteiger partial charge in [-0.3, -0.25) is 0 Å². The van der Waals surface area contributed by atoms with Gasteiger partial charge in [-0.25, -0.2) is 13.6 Å². The third kappa shape index (κ3) is 4.06. The van der Waals surface area contributed by atoms with Crippen molar-refractivity contribution in [3.63, 3.8) is 0 Å². The molecule has 3 N–H and O–H groups in total. The van der Waals surface area contributed by atoms with Crippen molar-refractivity contribution in [2.45, 2.75) is 13.5 Å². The maximum absolute atomic E-state index is 13.4. The molecule has 4 nitrogen and oxygen atoms in total. The number of fused-ring (bicyclic) bond motifs is 1. The van der Waals surface area contributed by atoms with E-state index in [-0.39, 0.29) is 18.2 Å². The molecule has 154 valence electrons. The normalized spacial score (nSPS) is 10.8. The quantitative estimate of drug-likeness (QED) is 0.378. The lowest BCUT2D eigenvalue weighted by Gasteiger charge is -2.12. The topological polar surface area (TPSA) is 67.1 Å². The van der Waals surface area contributed by atoms with Crippen molar-refractivity contribution in [3.8, 4) is 16.9 Å². The van der Waals surface area contributed by atoms with Gasteiger partial charge in [-0.15, -0.1) is 0 Å². The van der Waals surface area contributed by atoms with Gasteiger partial charge < -0.3 is 27.2 Å². The summed E-state index contributed by atoms with van der Waals surface area (Å²) in [7, 11) is 0. The first-order valence-corrected chi connectivity index (χ1v) is 9.07. The second-order valence-electron chi connectivity index (χ2n) is 6.81. The number of rotatable bonds is 4. The molecular weight excluding hydrogens is 412 g/mol. The van der Waals surface area contributed by atoms with Gasteiger partial charge in [0.05, 0.1) is 0 Å². The van der Waals surface area contributed by atoms with Crippen LogP contribution in [0.5, 0.6) is 5.75 Å². The number of aryl methyl sites for hydroxylation is 1. The Labute approximate surface area is 177 Å². The number of hydrogen-bond acceptors (Lipinski definition) is 3. The average Bonchev–Trinajstić information content (AvgIpc) is 2.72. The monoisotopic (exact) mass is 429 g/mol. The van der Waals surface area contributed by atoms with Gasteiger partial charge in [0, 0.05) is 34.7 Å². The molecule has 1 aromatic heterocycles. The van der Waals surface area contributed by atoms with Crippen molar-refractivity contribution in [3.05, 3.63) is 93.8 Å². The van der Waals surface area contributed by atoms with Gasteiger partial charge in [0.2, 0.25) is 0 Å². The van der Waals surface area contributed by atoms with Crippen molar-refractivity contribution >= 4 is 16.7 Å². The largest absolute Gasteiger partial charge is 1.00 e. The number of nitrogens with two attached hydrogens (primary N) is 1. The minimum atomic E-state index is -0.925. The summed E-state index contributed by atoms with van der Waals surface area (Å²) in [6, 6.07) is 16.3. The Morgan fingerprint density at radius 1 is 1.00 bits per heavy atom. The Hall–Kier alpha value is -3.22. The molecule has 4 aromatic rings. The Morgan fingerprint density at radius 2 is 1.73 bits per heavy atom. The molecule has 0 radical (unpaired) electrons. The van der Waals surface area contributed by atoms with Crippen molar-refractivity contribution in [2.75, 3.05) is 0 Å². The van der Waals surface area contributed by atoms with Crippen LogP contribution in [0, 0.1) is 18.6 Å². The van der Waals surface area contributed by atoms with Gasteiger partial charge in [-0.05, 0) is 30.2 Å². The van der Waals surface area contributed by atoms with Crippen LogP contribution in [0.3, 0.4) is 0 Å². The highest BCUT2D eigenvalue weighted by atomic mass is 35.5. The third-order valence-corrected chi connectivity index (χ3v) is 4.90. The van der Waals surface area contributed by atoms with Gasteiger partial charge in [0.15, 0.2) is 11.6 Å². The second kappa shape index (κ2) is 8.65. The van der Waals surface area contributed by atoms with Gasteiger partial charge in [-0.1, -0.05) is 30.3 Å². The zero-order chi connectivity index (χ0) is 20.5. The van der Waals surface area contributed by atoms with Crippen LogP contribution in [0.15, 0.2) is 69.9 Å². The van der Waals surface area contributed by atoms with Gasteiger partial charge in [-0.2, -0.15) is 0 Å². The lowest BCUT2D eigenvalue weighted by atomic mass is 9.97. The van der Waals surface area contributed by atoms with E-state index in [1.165, 1.54) is 12.1 Å². The average molecular weight is 430 g/mol. The summed E-state index contributed by atoms with van der Waals surface area (Å²) in [5.74, 6) is -1.83. The van der Waals surface area contributed by atoms with E-state index in [1.807, 2.05) is 30.3 Å². The van der Waals surface area contributed by atoms with Crippen LogP contribution in [0.25, 0.3) is 22.1 Å². The molecule has 30 heavy (non-hydrogen) atoms. The van der Waals surface area contributed by atoms with Crippen LogP contribution in [-0.2, 0) is 6.54 Å². The number of hydrogen-bond donors (Lipinski definition) is 2. The summed E-state index contributed by atoms with van der Waals surface area (Å²) in [5.41, 5.74) is 2.92. The second-order valence-corrected chi connectivity index (χ2v) is 6.81. The van der Waals surface area contributed by atoms with E-state index in [0.29, 0.717) is 39.9 Å². The summed E-state index contributed by atoms with van der Waals surface area (Å²) in [6.45, 7) is 1.97. The molecule has 0 atom stereocenters. The predicted molar refractivity (Wildman–Crippen MR) is 106 cm³/mol. The highest BCUT2D eigenvalue weighted by Gasteiger charge is 2.17. The van der Waals surface area contributed by atoms with Crippen LogP contribution < -0.4 is 23.3 Å². The fourth-order valence-electron chi connectivity index (χ4n) is 3.40. The van der Waals surface area contributed by atoms with E-state index in [1.54, 1.807) is 18.3 Å². The lowest BCUT2D eigenvalue weighted by Crippen LogP contribution is -3.00. The molecule has 0 amide bonds.